The first-order chi connectivity index (χ1) is 3.31. The van der Waals surface area contributed by atoms with Crippen LogP contribution in [0.5, 0.6) is 0 Å². The highest BCUT2D eigenvalue weighted by Crippen LogP contribution is 1.88. The van der Waals surface area contributed by atoms with Gasteiger partial charge < -0.3 is 4.74 Å². The third kappa shape index (κ3) is 3.79. The third-order valence-corrected chi connectivity index (χ3v) is 0.827. The molecule has 0 saturated carbocycles. The molecule has 0 aromatic rings. The van der Waals surface area contributed by atoms with Crippen LogP contribution in [0.1, 0.15) is 6.42 Å². The molecule has 0 aliphatic carbocycles. The highest BCUT2D eigenvalue weighted by Gasteiger charge is 1.94. The summed E-state index contributed by atoms with van der Waals surface area (Å²) in [6.45, 7) is 0. The van der Waals surface area contributed by atoms with Crippen molar-refractivity contribution in [3.8, 4) is 0 Å². The van der Waals surface area contributed by atoms with Crippen LogP contribution in [0.2, 0.25) is 0 Å². The highest BCUT2D eigenvalue weighted by molar-refractivity contribution is 9.09. The quantitative estimate of drug-likeness (QED) is 0.450. The van der Waals surface area contributed by atoms with Crippen molar-refractivity contribution in [3.63, 3.8) is 0 Å². The summed E-state index contributed by atoms with van der Waals surface area (Å²) in [7, 11) is 4.49. The Hall–Kier alpha value is -0.0500. The van der Waals surface area contributed by atoms with Gasteiger partial charge in [0.2, 0.25) is 0 Å². The SMILES string of the molecule is [CH]OC(=O)CCBr. The molecule has 0 N–H and O–H groups in total. The van der Waals surface area contributed by atoms with E-state index in [-0.39, 0.29) is 0 Å². The Morgan fingerprint density at radius 3 is 2.57 bits per heavy atom. The van der Waals surface area contributed by atoms with E-state index in [0.29, 0.717) is 11.8 Å². The van der Waals surface area contributed by atoms with Crippen LogP contribution in [0.15, 0.2) is 0 Å². The minimum absolute atomic E-state index is 0.330. The second-order valence-electron chi connectivity index (χ2n) is 0.929. The summed E-state index contributed by atoms with van der Waals surface area (Å²) in [6, 6.07) is 0. The van der Waals surface area contributed by atoms with Crippen LogP contribution in [0.25, 0.3) is 0 Å². The second-order valence-corrected chi connectivity index (χ2v) is 1.72. The molecule has 0 aliphatic rings. The molecule has 0 atom stereocenters. The molecule has 40 valence electrons. The zero-order chi connectivity index (χ0) is 5.70. The van der Waals surface area contributed by atoms with E-state index in [1.54, 1.807) is 0 Å². The van der Waals surface area contributed by atoms with E-state index in [2.05, 4.69) is 27.8 Å². The Bertz CT molecular complexity index is 62.7. The Morgan fingerprint density at radius 1 is 1.86 bits per heavy atom. The summed E-state index contributed by atoms with van der Waals surface area (Å²) < 4.78 is 3.82. The third-order valence-electron chi connectivity index (χ3n) is 0.430. The van der Waals surface area contributed by atoms with E-state index >= 15 is 0 Å². The van der Waals surface area contributed by atoms with Gasteiger partial charge in [-0.3, -0.25) is 4.79 Å². The van der Waals surface area contributed by atoms with Crippen molar-refractivity contribution in [2.75, 3.05) is 5.33 Å². The van der Waals surface area contributed by atoms with Crippen LogP contribution in [-0.2, 0) is 9.53 Å². The number of alkyl halides is 1. The molecule has 0 saturated heterocycles. The Balaban J connectivity index is 3.00. The maximum Gasteiger partial charge on any atom is 0.307 e. The summed E-state index contributed by atoms with van der Waals surface area (Å²) in [5.41, 5.74) is 0. The topological polar surface area (TPSA) is 26.3 Å². The molecule has 0 unspecified atom stereocenters. The van der Waals surface area contributed by atoms with E-state index in [9.17, 15) is 4.79 Å². The molecule has 0 bridgehead atoms. The number of ether oxygens (including phenoxy) is 1. The van der Waals surface area contributed by atoms with E-state index in [1.807, 2.05) is 0 Å². The lowest BCUT2D eigenvalue weighted by Crippen LogP contribution is -1.97. The molecule has 0 amide bonds. The molecule has 7 heavy (non-hydrogen) atoms. The molecule has 2 radical (unpaired) electrons. The molecule has 0 aliphatic heterocycles. The number of hydrogen-bond acceptors (Lipinski definition) is 2. The lowest BCUT2D eigenvalue weighted by molar-refractivity contribution is -0.137. The number of carbonyl (C=O) groups is 1. The van der Waals surface area contributed by atoms with Crippen LogP contribution in [0, 0.1) is 7.11 Å². The average Bonchev–Trinajstić information content (AvgIpc) is 1.68. The summed E-state index contributed by atoms with van der Waals surface area (Å²) >= 11 is 3.03. The summed E-state index contributed by atoms with van der Waals surface area (Å²) in [4.78, 5) is 10.0. The fourth-order valence-corrected chi connectivity index (χ4v) is 0.460. The van der Waals surface area contributed by atoms with Gasteiger partial charge >= 0.3 is 5.97 Å². The van der Waals surface area contributed by atoms with E-state index < -0.39 is 5.97 Å². The molecule has 2 nitrogen and oxygen atoms in total. The van der Waals surface area contributed by atoms with Gasteiger partial charge in [-0.2, -0.15) is 0 Å². The maximum absolute atomic E-state index is 10.0. The average molecular weight is 165 g/mol. The fourth-order valence-electron chi connectivity index (χ4n) is 0.136. The largest absolute Gasteiger partial charge is 0.454 e. The first-order valence-corrected chi connectivity index (χ1v) is 2.89. The van der Waals surface area contributed by atoms with Crippen molar-refractivity contribution in [1.82, 2.24) is 0 Å². The van der Waals surface area contributed by atoms with Crippen LogP contribution in [0.3, 0.4) is 0 Å². The van der Waals surface area contributed by atoms with E-state index in [1.165, 1.54) is 0 Å². The van der Waals surface area contributed by atoms with E-state index in [4.69, 9.17) is 0 Å². The van der Waals surface area contributed by atoms with Gasteiger partial charge in [0.05, 0.1) is 6.42 Å². The van der Waals surface area contributed by atoms with Crippen LogP contribution < -0.4 is 0 Å². The zero-order valence-corrected chi connectivity index (χ0v) is 5.27. The monoisotopic (exact) mass is 164 g/mol. The summed E-state index contributed by atoms with van der Waals surface area (Å²) in [5.74, 6) is -0.392. The minimum Gasteiger partial charge on any atom is -0.454 e. The Morgan fingerprint density at radius 2 is 2.43 bits per heavy atom. The second kappa shape index (κ2) is 4.12. The predicted molar refractivity (Wildman–Crippen MR) is 28.8 cm³/mol. The van der Waals surface area contributed by atoms with Gasteiger partial charge in [0.1, 0.15) is 0 Å². The number of rotatable bonds is 2. The molecule has 0 heterocycles. The van der Waals surface area contributed by atoms with Crippen LogP contribution >= 0.6 is 15.9 Å². The number of carbonyl (C=O) groups excluding carboxylic acids is 1. The smallest absolute Gasteiger partial charge is 0.307 e. The van der Waals surface area contributed by atoms with Crippen molar-refractivity contribution in [3.05, 3.63) is 7.11 Å². The predicted octanol–water partition coefficient (Wildman–Crippen LogP) is 0.983. The van der Waals surface area contributed by atoms with Gasteiger partial charge in [0.25, 0.3) is 0 Å². The number of halogens is 1. The Kier molecular flexibility index (Phi) is 4.09. The lowest BCUT2D eigenvalue weighted by Gasteiger charge is -1.89. The number of esters is 1. The van der Waals surface area contributed by atoms with Gasteiger partial charge in [-0.25, -0.2) is 0 Å². The summed E-state index contributed by atoms with van der Waals surface area (Å²) in [5, 5.41) is 0.600. The fraction of sp³-hybridized carbons (Fsp3) is 0.500. The minimum atomic E-state index is -0.392. The van der Waals surface area contributed by atoms with Gasteiger partial charge in [0, 0.05) is 5.33 Å². The van der Waals surface area contributed by atoms with Gasteiger partial charge in [-0.1, -0.05) is 15.9 Å². The van der Waals surface area contributed by atoms with Gasteiger partial charge in [0.15, 0.2) is 7.11 Å². The number of hydrogen-bond donors (Lipinski definition) is 0. The molecule has 0 rings (SSSR count). The van der Waals surface area contributed by atoms with Crippen molar-refractivity contribution in [2.45, 2.75) is 6.42 Å². The molecule has 3 heteroatoms. The molecular weight excluding hydrogens is 160 g/mol. The maximum atomic E-state index is 10.0. The van der Waals surface area contributed by atoms with Crippen LogP contribution in [0.4, 0.5) is 0 Å². The lowest BCUT2D eigenvalue weighted by atomic mass is 10.5. The van der Waals surface area contributed by atoms with Gasteiger partial charge in [-0.15, -0.1) is 0 Å². The molecule has 0 fully saturated rings. The first kappa shape index (κ1) is 6.95. The van der Waals surface area contributed by atoms with Crippen molar-refractivity contribution >= 4 is 21.9 Å². The standard InChI is InChI=1S/C4H5BrO2/c1-7-4(6)2-3-5/h1H,2-3H2. The Labute approximate surface area is 51.0 Å². The molecule has 0 aromatic heterocycles. The van der Waals surface area contributed by atoms with Gasteiger partial charge in [-0.05, 0) is 0 Å². The van der Waals surface area contributed by atoms with Crippen molar-refractivity contribution < 1.29 is 9.53 Å². The molecular formula is C4H5BrO2. The zero-order valence-electron chi connectivity index (χ0n) is 3.69. The molecule has 0 aromatic carbocycles. The van der Waals surface area contributed by atoms with Crippen molar-refractivity contribution in [1.29, 1.82) is 0 Å². The van der Waals surface area contributed by atoms with Crippen LogP contribution in [-0.4, -0.2) is 11.3 Å². The normalized spacial score (nSPS) is 8.29. The van der Waals surface area contributed by atoms with Crippen molar-refractivity contribution in [2.24, 2.45) is 0 Å². The summed E-state index contributed by atoms with van der Waals surface area (Å²) in [6.07, 6.45) is 0.330. The molecule has 0 spiro atoms. The highest BCUT2D eigenvalue weighted by atomic mass is 79.9. The van der Waals surface area contributed by atoms with E-state index in [0.717, 1.165) is 0 Å². The first-order valence-electron chi connectivity index (χ1n) is 1.76.